The minimum atomic E-state index is 0.227. The first-order chi connectivity index (χ1) is 7.22. The van der Waals surface area contributed by atoms with E-state index in [1.54, 1.807) is 0 Å². The van der Waals surface area contributed by atoms with Crippen molar-refractivity contribution in [1.29, 1.82) is 0 Å². The molecule has 0 aromatic heterocycles. The van der Waals surface area contributed by atoms with Crippen molar-refractivity contribution in [3.8, 4) is 0 Å². The second-order valence-corrected chi connectivity index (χ2v) is 4.39. The molecular formula is C13H23NO. The number of carbonyl (C=O) groups is 1. The molecule has 0 saturated carbocycles. The number of ketones is 1. The number of hydrogen-bond donors (Lipinski definition) is 1. The summed E-state index contributed by atoms with van der Waals surface area (Å²) in [5.41, 5.74) is 1.21. The van der Waals surface area contributed by atoms with Gasteiger partial charge in [0.05, 0.1) is 0 Å². The minimum Gasteiger partial charge on any atom is -0.317 e. The van der Waals surface area contributed by atoms with E-state index in [9.17, 15) is 4.79 Å². The fraction of sp³-hybridized carbons (Fsp3) is 0.769. The van der Waals surface area contributed by atoms with Gasteiger partial charge in [0, 0.05) is 6.42 Å². The predicted molar refractivity (Wildman–Crippen MR) is 63.9 cm³/mol. The molecule has 1 aliphatic carbocycles. The van der Waals surface area contributed by atoms with Crippen LogP contribution in [0.2, 0.25) is 0 Å². The number of allylic oxidation sites excluding steroid dienone is 2. The van der Waals surface area contributed by atoms with Crippen LogP contribution in [0.4, 0.5) is 0 Å². The molecule has 1 heterocycles. The van der Waals surface area contributed by atoms with E-state index in [1.165, 1.54) is 12.8 Å². The lowest BCUT2D eigenvalue weighted by Crippen LogP contribution is -2.19. The van der Waals surface area contributed by atoms with Crippen LogP contribution in [-0.4, -0.2) is 18.9 Å². The summed E-state index contributed by atoms with van der Waals surface area (Å²) >= 11 is 0. The van der Waals surface area contributed by atoms with E-state index in [-0.39, 0.29) is 5.41 Å². The minimum absolute atomic E-state index is 0.227. The lowest BCUT2D eigenvalue weighted by atomic mass is 9.80. The zero-order valence-corrected chi connectivity index (χ0v) is 10.2. The van der Waals surface area contributed by atoms with Gasteiger partial charge in [0.25, 0.3) is 0 Å². The van der Waals surface area contributed by atoms with Gasteiger partial charge in [-0.05, 0) is 50.3 Å². The molecule has 2 aliphatic rings. The van der Waals surface area contributed by atoms with Crippen LogP contribution in [0.3, 0.4) is 0 Å². The third kappa shape index (κ3) is 2.91. The van der Waals surface area contributed by atoms with Gasteiger partial charge in [-0.3, -0.25) is 4.79 Å². The van der Waals surface area contributed by atoms with Crippen molar-refractivity contribution >= 4 is 5.78 Å². The van der Waals surface area contributed by atoms with Gasteiger partial charge >= 0.3 is 0 Å². The third-order valence-corrected chi connectivity index (χ3v) is 3.30. The smallest absolute Gasteiger partial charge is 0.159 e. The number of nitrogens with one attached hydrogen (secondary N) is 1. The largest absolute Gasteiger partial charge is 0.317 e. The number of rotatable bonds is 0. The van der Waals surface area contributed by atoms with E-state index in [0.29, 0.717) is 5.78 Å². The number of carbonyl (C=O) groups excluding carboxylic acids is 1. The quantitative estimate of drug-likeness (QED) is 0.664. The number of hydrogen-bond acceptors (Lipinski definition) is 2. The van der Waals surface area contributed by atoms with Gasteiger partial charge in [-0.25, -0.2) is 0 Å². The molecule has 1 saturated heterocycles. The Hall–Kier alpha value is -0.630. The van der Waals surface area contributed by atoms with E-state index in [1.807, 2.05) is 20.8 Å². The Bertz CT molecular complexity index is 247. The maximum Gasteiger partial charge on any atom is 0.159 e. The molecule has 1 aliphatic heterocycles. The van der Waals surface area contributed by atoms with E-state index >= 15 is 0 Å². The molecule has 1 N–H and O–H groups in total. The van der Waals surface area contributed by atoms with Crippen molar-refractivity contribution in [2.45, 2.75) is 46.5 Å². The second-order valence-electron chi connectivity index (χ2n) is 4.39. The van der Waals surface area contributed by atoms with Gasteiger partial charge in [-0.2, -0.15) is 0 Å². The molecule has 86 valence electrons. The molecule has 1 atom stereocenters. The molecule has 0 bridgehead atoms. The van der Waals surface area contributed by atoms with Crippen LogP contribution in [0.5, 0.6) is 0 Å². The van der Waals surface area contributed by atoms with E-state index in [4.69, 9.17) is 0 Å². The van der Waals surface area contributed by atoms with E-state index < -0.39 is 0 Å². The molecular weight excluding hydrogens is 186 g/mol. The molecule has 0 aromatic rings. The summed E-state index contributed by atoms with van der Waals surface area (Å²) < 4.78 is 0. The summed E-state index contributed by atoms with van der Waals surface area (Å²) in [5, 5.41) is 3.39. The Balaban J connectivity index is 0.000000531. The Morgan fingerprint density at radius 2 is 2.00 bits per heavy atom. The van der Waals surface area contributed by atoms with E-state index in [2.05, 4.69) is 11.4 Å². The molecule has 1 fully saturated rings. The fourth-order valence-corrected chi connectivity index (χ4v) is 2.52. The molecule has 15 heavy (non-hydrogen) atoms. The summed E-state index contributed by atoms with van der Waals surface area (Å²) in [6.07, 6.45) is 6.51. The van der Waals surface area contributed by atoms with Crippen LogP contribution in [0.1, 0.15) is 46.5 Å². The van der Waals surface area contributed by atoms with Gasteiger partial charge in [-0.1, -0.05) is 19.9 Å². The average molecular weight is 209 g/mol. The molecule has 1 spiro atoms. The Morgan fingerprint density at radius 1 is 1.27 bits per heavy atom. The summed E-state index contributed by atoms with van der Waals surface area (Å²) in [6, 6.07) is 0. The average Bonchev–Trinajstić information content (AvgIpc) is 2.44. The lowest BCUT2D eigenvalue weighted by Gasteiger charge is -2.23. The van der Waals surface area contributed by atoms with Gasteiger partial charge in [0.15, 0.2) is 5.78 Å². The fourth-order valence-electron chi connectivity index (χ4n) is 2.52. The molecule has 2 rings (SSSR count). The van der Waals surface area contributed by atoms with Crippen molar-refractivity contribution in [2.75, 3.05) is 13.1 Å². The Labute approximate surface area is 93.1 Å². The van der Waals surface area contributed by atoms with Gasteiger partial charge in [-0.15, -0.1) is 0 Å². The standard InChI is InChI=1S/C11H17NO.C2H6/c1-9-7-11(8-10(9)13)3-2-5-12-6-4-11;1-2/h7,12H,2-6,8H2,1H3;1-2H3. The predicted octanol–water partition coefficient (Wildman–Crippen LogP) is 2.69. The molecule has 1 unspecified atom stereocenters. The summed E-state index contributed by atoms with van der Waals surface area (Å²) in [7, 11) is 0. The third-order valence-electron chi connectivity index (χ3n) is 3.30. The first-order valence-corrected chi connectivity index (χ1v) is 6.15. The molecule has 0 radical (unpaired) electrons. The molecule has 0 amide bonds. The molecule has 2 nitrogen and oxygen atoms in total. The number of Topliss-reactive ketones (excluding diaryl/α,β-unsaturated/α-hetero) is 1. The Morgan fingerprint density at radius 3 is 2.60 bits per heavy atom. The first kappa shape index (κ1) is 12.4. The topological polar surface area (TPSA) is 29.1 Å². The van der Waals surface area contributed by atoms with Crippen LogP contribution in [0.15, 0.2) is 11.6 Å². The zero-order valence-electron chi connectivity index (χ0n) is 10.2. The van der Waals surface area contributed by atoms with Gasteiger partial charge < -0.3 is 5.32 Å². The van der Waals surface area contributed by atoms with Crippen molar-refractivity contribution in [3.63, 3.8) is 0 Å². The van der Waals surface area contributed by atoms with Crippen molar-refractivity contribution in [3.05, 3.63) is 11.6 Å². The highest BCUT2D eigenvalue weighted by Gasteiger charge is 2.36. The normalized spacial score (nSPS) is 30.6. The maximum atomic E-state index is 11.5. The van der Waals surface area contributed by atoms with Crippen LogP contribution >= 0.6 is 0 Å². The highest BCUT2D eigenvalue weighted by Crippen LogP contribution is 2.41. The zero-order chi connectivity index (χ0) is 11.3. The van der Waals surface area contributed by atoms with Crippen molar-refractivity contribution < 1.29 is 4.79 Å². The SMILES string of the molecule is CC.CC1=CC2(CCCNCC2)CC1=O. The van der Waals surface area contributed by atoms with Gasteiger partial charge in [0.2, 0.25) is 0 Å². The lowest BCUT2D eigenvalue weighted by molar-refractivity contribution is -0.116. The van der Waals surface area contributed by atoms with Crippen molar-refractivity contribution in [2.24, 2.45) is 5.41 Å². The van der Waals surface area contributed by atoms with Crippen LogP contribution in [0.25, 0.3) is 0 Å². The highest BCUT2D eigenvalue weighted by molar-refractivity contribution is 5.98. The van der Waals surface area contributed by atoms with Crippen molar-refractivity contribution in [1.82, 2.24) is 5.32 Å². The maximum absolute atomic E-state index is 11.5. The molecule has 2 heteroatoms. The van der Waals surface area contributed by atoms with Crippen LogP contribution in [0, 0.1) is 5.41 Å². The Kier molecular flexibility index (Phi) is 4.52. The highest BCUT2D eigenvalue weighted by atomic mass is 16.1. The second kappa shape index (κ2) is 5.45. The molecule has 0 aromatic carbocycles. The summed E-state index contributed by atoms with van der Waals surface area (Å²) in [6.45, 7) is 8.13. The summed E-state index contributed by atoms with van der Waals surface area (Å²) in [5.74, 6) is 0.363. The van der Waals surface area contributed by atoms with E-state index in [0.717, 1.165) is 31.5 Å². The van der Waals surface area contributed by atoms with Gasteiger partial charge in [0.1, 0.15) is 0 Å². The monoisotopic (exact) mass is 209 g/mol. The first-order valence-electron chi connectivity index (χ1n) is 6.15. The summed E-state index contributed by atoms with van der Waals surface area (Å²) in [4.78, 5) is 11.5. The van der Waals surface area contributed by atoms with Crippen LogP contribution in [-0.2, 0) is 4.79 Å². The van der Waals surface area contributed by atoms with Crippen LogP contribution < -0.4 is 5.32 Å².